The second-order valence-corrected chi connectivity index (χ2v) is 7.87. The summed E-state index contributed by atoms with van der Waals surface area (Å²) in [7, 11) is 1.86. The van der Waals surface area contributed by atoms with Crippen LogP contribution in [0, 0.1) is 6.92 Å². The van der Waals surface area contributed by atoms with Gasteiger partial charge in [-0.15, -0.1) is 0 Å². The van der Waals surface area contributed by atoms with Gasteiger partial charge in [0.2, 0.25) is 0 Å². The van der Waals surface area contributed by atoms with Crippen molar-refractivity contribution < 1.29 is 4.79 Å². The van der Waals surface area contributed by atoms with Gasteiger partial charge in [0, 0.05) is 51.4 Å². The molecule has 2 aromatic heterocycles. The summed E-state index contributed by atoms with van der Waals surface area (Å²) in [5, 5.41) is 6.46. The molecule has 1 aliphatic heterocycles. The van der Waals surface area contributed by atoms with E-state index < -0.39 is 0 Å². The number of pyridine rings is 1. The number of hydrogen-bond donors (Lipinski definition) is 0. The summed E-state index contributed by atoms with van der Waals surface area (Å²) in [5.74, 6) is 0.0121. The first-order valence-corrected chi connectivity index (χ1v) is 9.93. The van der Waals surface area contributed by atoms with Crippen molar-refractivity contribution in [2.45, 2.75) is 13.5 Å². The third-order valence-electron chi connectivity index (χ3n) is 5.19. The van der Waals surface area contributed by atoms with Gasteiger partial charge in [-0.1, -0.05) is 35.3 Å². The van der Waals surface area contributed by atoms with Crippen molar-refractivity contribution in [1.82, 2.24) is 24.6 Å². The number of piperazine rings is 1. The summed E-state index contributed by atoms with van der Waals surface area (Å²) in [6.45, 7) is 5.57. The molecule has 1 aromatic carbocycles. The lowest BCUT2D eigenvalue weighted by Gasteiger charge is -2.35. The summed E-state index contributed by atoms with van der Waals surface area (Å²) in [5.41, 5.74) is 3.28. The van der Waals surface area contributed by atoms with Crippen LogP contribution >= 0.6 is 23.2 Å². The van der Waals surface area contributed by atoms with Crippen molar-refractivity contribution in [2.75, 3.05) is 26.2 Å². The average Bonchev–Trinajstić information content (AvgIpc) is 2.99. The van der Waals surface area contributed by atoms with E-state index in [2.05, 4.69) is 15.0 Å². The molecule has 8 heteroatoms. The highest BCUT2D eigenvalue weighted by atomic mass is 35.5. The van der Waals surface area contributed by atoms with Gasteiger partial charge in [-0.2, -0.15) is 5.10 Å². The highest BCUT2D eigenvalue weighted by Gasteiger charge is 2.23. The number of amides is 1. The monoisotopic (exact) mass is 417 g/mol. The van der Waals surface area contributed by atoms with Crippen LogP contribution in [0.15, 0.2) is 30.5 Å². The summed E-state index contributed by atoms with van der Waals surface area (Å²) < 4.78 is 1.73. The number of halogens is 2. The molecule has 0 unspecified atom stereocenters. The Balaban J connectivity index is 1.43. The lowest BCUT2D eigenvalue weighted by molar-refractivity contribution is 0.0628. The van der Waals surface area contributed by atoms with E-state index >= 15 is 0 Å². The number of hydrogen-bond acceptors (Lipinski definition) is 4. The molecule has 3 heterocycles. The largest absolute Gasteiger partial charge is 0.336 e. The highest BCUT2D eigenvalue weighted by molar-refractivity contribution is 6.42. The zero-order valence-corrected chi connectivity index (χ0v) is 17.3. The number of benzene rings is 1. The van der Waals surface area contributed by atoms with Gasteiger partial charge in [-0.25, -0.2) is 4.98 Å². The van der Waals surface area contributed by atoms with E-state index in [1.807, 2.05) is 37.1 Å². The molecular weight excluding hydrogens is 397 g/mol. The minimum atomic E-state index is 0.0121. The molecule has 0 N–H and O–H groups in total. The Morgan fingerprint density at radius 3 is 2.68 bits per heavy atom. The summed E-state index contributed by atoms with van der Waals surface area (Å²) in [6, 6.07) is 7.58. The maximum Gasteiger partial charge on any atom is 0.255 e. The molecule has 1 fully saturated rings. The molecular formula is C20H21Cl2N5O. The van der Waals surface area contributed by atoms with Crippen molar-refractivity contribution in [3.63, 3.8) is 0 Å². The van der Waals surface area contributed by atoms with Crippen LogP contribution in [0.5, 0.6) is 0 Å². The van der Waals surface area contributed by atoms with Crippen LogP contribution in [-0.4, -0.2) is 56.7 Å². The fourth-order valence-corrected chi connectivity index (χ4v) is 4.01. The first kappa shape index (κ1) is 19.2. The predicted molar refractivity (Wildman–Crippen MR) is 111 cm³/mol. The normalized spacial score (nSPS) is 15.4. The minimum absolute atomic E-state index is 0.0121. The molecule has 6 nitrogen and oxygen atoms in total. The molecule has 1 saturated heterocycles. The van der Waals surface area contributed by atoms with Gasteiger partial charge in [-0.3, -0.25) is 14.4 Å². The van der Waals surface area contributed by atoms with E-state index in [9.17, 15) is 4.79 Å². The Morgan fingerprint density at radius 1 is 1.18 bits per heavy atom. The van der Waals surface area contributed by atoms with Crippen LogP contribution in [-0.2, 0) is 13.6 Å². The van der Waals surface area contributed by atoms with E-state index in [4.69, 9.17) is 23.2 Å². The summed E-state index contributed by atoms with van der Waals surface area (Å²) in [4.78, 5) is 21.5. The molecule has 3 aromatic rings. The first-order chi connectivity index (χ1) is 13.4. The van der Waals surface area contributed by atoms with E-state index in [1.165, 1.54) is 0 Å². The van der Waals surface area contributed by atoms with Crippen LogP contribution in [0.4, 0.5) is 0 Å². The zero-order chi connectivity index (χ0) is 19.8. The molecule has 0 atom stereocenters. The Labute approximate surface area is 173 Å². The molecule has 0 saturated carbocycles. The van der Waals surface area contributed by atoms with Gasteiger partial charge in [0.05, 0.1) is 21.3 Å². The molecule has 0 radical (unpaired) electrons. The number of carbonyl (C=O) groups is 1. The van der Waals surface area contributed by atoms with Crippen LogP contribution in [0.25, 0.3) is 11.0 Å². The second-order valence-electron chi connectivity index (χ2n) is 7.09. The first-order valence-electron chi connectivity index (χ1n) is 9.18. The fraction of sp³-hybridized carbons (Fsp3) is 0.350. The smallest absolute Gasteiger partial charge is 0.255 e. The maximum atomic E-state index is 12.9. The highest BCUT2D eigenvalue weighted by Crippen LogP contribution is 2.27. The van der Waals surface area contributed by atoms with Crippen LogP contribution in [0.1, 0.15) is 21.6 Å². The van der Waals surface area contributed by atoms with Gasteiger partial charge in [0.1, 0.15) is 0 Å². The lowest BCUT2D eigenvalue weighted by atomic mass is 10.1. The van der Waals surface area contributed by atoms with Gasteiger partial charge in [0.15, 0.2) is 5.65 Å². The standard InChI is InChI=1S/C20H21Cl2N5O/c1-13-16-10-15(11-23-19(16)25(2)24-13)20(28)27-8-6-26(7-9-27)12-14-4-3-5-17(21)18(14)22/h3-5,10-11H,6-9,12H2,1-2H3. The van der Waals surface area contributed by atoms with Crippen molar-refractivity contribution in [3.05, 3.63) is 57.3 Å². The molecule has 0 aliphatic carbocycles. The SMILES string of the molecule is Cc1nn(C)c2ncc(C(=O)N3CCN(Cc4cccc(Cl)c4Cl)CC3)cc12. The van der Waals surface area contributed by atoms with Crippen LogP contribution < -0.4 is 0 Å². The number of rotatable bonds is 3. The van der Waals surface area contributed by atoms with E-state index in [0.29, 0.717) is 28.7 Å². The number of aryl methyl sites for hydroxylation is 2. The number of nitrogens with zero attached hydrogens (tertiary/aromatic N) is 5. The number of carbonyl (C=O) groups excluding carboxylic acids is 1. The maximum absolute atomic E-state index is 12.9. The lowest BCUT2D eigenvalue weighted by Crippen LogP contribution is -2.48. The molecule has 4 rings (SSSR count). The van der Waals surface area contributed by atoms with E-state index in [-0.39, 0.29) is 5.91 Å². The van der Waals surface area contributed by atoms with Gasteiger partial charge >= 0.3 is 0 Å². The Bertz CT molecular complexity index is 1040. The van der Waals surface area contributed by atoms with Gasteiger partial charge in [0.25, 0.3) is 5.91 Å². The van der Waals surface area contributed by atoms with Crippen LogP contribution in [0.3, 0.4) is 0 Å². The van der Waals surface area contributed by atoms with Gasteiger partial charge < -0.3 is 4.90 Å². The van der Waals surface area contributed by atoms with Crippen molar-refractivity contribution in [3.8, 4) is 0 Å². The van der Waals surface area contributed by atoms with Crippen molar-refractivity contribution in [2.24, 2.45) is 7.05 Å². The minimum Gasteiger partial charge on any atom is -0.336 e. The Hall–Kier alpha value is -2.15. The number of aromatic nitrogens is 3. The quantitative estimate of drug-likeness (QED) is 0.653. The van der Waals surface area contributed by atoms with Crippen molar-refractivity contribution in [1.29, 1.82) is 0 Å². The summed E-state index contributed by atoms with van der Waals surface area (Å²) in [6.07, 6.45) is 1.64. The fourth-order valence-electron chi connectivity index (χ4n) is 3.63. The zero-order valence-electron chi connectivity index (χ0n) is 15.8. The van der Waals surface area contributed by atoms with Crippen molar-refractivity contribution >= 4 is 40.1 Å². The Kier molecular flexibility index (Phi) is 5.27. The van der Waals surface area contributed by atoms with Crippen LogP contribution in [0.2, 0.25) is 10.0 Å². The van der Waals surface area contributed by atoms with E-state index in [1.54, 1.807) is 16.9 Å². The molecule has 0 spiro atoms. The van der Waals surface area contributed by atoms with E-state index in [0.717, 1.165) is 41.9 Å². The molecule has 0 bridgehead atoms. The summed E-state index contributed by atoms with van der Waals surface area (Å²) >= 11 is 12.4. The third kappa shape index (κ3) is 3.60. The third-order valence-corrected chi connectivity index (χ3v) is 6.05. The van der Waals surface area contributed by atoms with Gasteiger partial charge in [-0.05, 0) is 24.6 Å². The molecule has 146 valence electrons. The molecule has 1 aliphatic rings. The topological polar surface area (TPSA) is 54.3 Å². The second kappa shape index (κ2) is 7.70. The predicted octanol–water partition coefficient (Wildman–Crippen LogP) is 3.54. The Morgan fingerprint density at radius 2 is 1.93 bits per heavy atom. The average molecular weight is 418 g/mol. The molecule has 1 amide bonds. The molecule has 28 heavy (non-hydrogen) atoms. The number of fused-ring (bicyclic) bond motifs is 1.